The first-order valence-electron chi connectivity index (χ1n) is 6.53. The molecular weight excluding hydrogens is 419 g/mol. The molecule has 0 heterocycles. The third-order valence-corrected chi connectivity index (χ3v) is 4.83. The summed E-state index contributed by atoms with van der Waals surface area (Å²) in [7, 11) is 2.45. The van der Waals surface area contributed by atoms with Crippen LogP contribution in [-0.4, -0.2) is 71.9 Å². The molecule has 0 amide bonds. The Hall–Kier alpha value is -0.381. The molecule has 0 aliphatic heterocycles. The van der Waals surface area contributed by atoms with Crippen molar-refractivity contribution in [3.63, 3.8) is 0 Å². The number of hydrogen-bond donors (Lipinski definition) is 2. The Labute approximate surface area is 152 Å². The van der Waals surface area contributed by atoms with Gasteiger partial charge in [0.25, 0.3) is 11.9 Å². The molecule has 0 atom stereocenters. The zero-order chi connectivity index (χ0) is 18.0. The number of aliphatic carboxylic acids is 2. The van der Waals surface area contributed by atoms with Crippen molar-refractivity contribution in [2.75, 3.05) is 41.0 Å². The fourth-order valence-electron chi connectivity index (χ4n) is 1.15. The van der Waals surface area contributed by atoms with Gasteiger partial charge in [-0.3, -0.25) is 9.59 Å². The van der Waals surface area contributed by atoms with Gasteiger partial charge in [0.15, 0.2) is 0 Å². The minimum atomic E-state index is -2.38. The van der Waals surface area contributed by atoms with Crippen LogP contribution >= 0.6 is 0 Å². The number of hydrogen-bond acceptors (Lipinski definition) is 5. The Bertz CT molecular complexity index is 254. The molecule has 0 saturated carbocycles. The van der Waals surface area contributed by atoms with Crippen LogP contribution in [0.3, 0.4) is 0 Å². The molecule has 0 aromatic carbocycles. The average Bonchev–Trinajstić information content (AvgIpc) is 2.42. The van der Waals surface area contributed by atoms with Gasteiger partial charge in [0.1, 0.15) is 0 Å². The number of carboxylic acid groups (broad SMARTS) is 2. The van der Waals surface area contributed by atoms with Crippen molar-refractivity contribution in [2.24, 2.45) is 0 Å². The van der Waals surface area contributed by atoms with Crippen LogP contribution in [0.4, 0.5) is 0 Å². The predicted molar refractivity (Wildman–Crippen MR) is 85.1 cm³/mol. The molecule has 0 bridgehead atoms. The monoisotopic (exact) mass is 446 g/mol. The largest absolute Gasteiger partial charge is 2.00 e. The van der Waals surface area contributed by atoms with Crippen molar-refractivity contribution in [1.82, 2.24) is 0 Å². The minimum absolute atomic E-state index is 0. The van der Waals surface area contributed by atoms with Crippen LogP contribution in [0.1, 0.15) is 20.3 Å². The topological polar surface area (TPSA) is 140 Å². The summed E-state index contributed by atoms with van der Waals surface area (Å²) in [4.78, 5) is 18.0. The van der Waals surface area contributed by atoms with E-state index in [1.165, 1.54) is 0 Å². The van der Waals surface area contributed by atoms with Crippen LogP contribution in [-0.2, 0) is 43.3 Å². The van der Waals surface area contributed by atoms with Crippen molar-refractivity contribution < 1.29 is 53.5 Å². The van der Waals surface area contributed by atoms with Gasteiger partial charge in [0.05, 0.1) is 0 Å². The van der Waals surface area contributed by atoms with Gasteiger partial charge in [0.2, 0.25) is 0 Å². The molecule has 23 heavy (non-hydrogen) atoms. The van der Waals surface area contributed by atoms with Crippen molar-refractivity contribution in [3.8, 4) is 0 Å². The van der Waals surface area contributed by atoms with E-state index in [0.29, 0.717) is 13.1 Å². The second-order valence-corrected chi connectivity index (χ2v) is 6.95. The van der Waals surface area contributed by atoms with Gasteiger partial charge in [-0.1, -0.05) is 6.42 Å². The zero-order valence-corrected chi connectivity index (χ0v) is 16.8. The SMILES string of the molecule is CC(=O)O.CC(=O)O.CO[Si](CCC[N-]CC[NH-])(OC)OC.[Pd+2]. The van der Waals surface area contributed by atoms with E-state index >= 15 is 0 Å². The first-order valence-corrected chi connectivity index (χ1v) is 8.46. The van der Waals surface area contributed by atoms with E-state index < -0.39 is 20.7 Å². The summed E-state index contributed by atoms with van der Waals surface area (Å²) < 4.78 is 15.8. The van der Waals surface area contributed by atoms with Crippen molar-refractivity contribution in [3.05, 3.63) is 11.1 Å². The molecule has 0 saturated heterocycles. The fourth-order valence-corrected chi connectivity index (χ4v) is 2.86. The van der Waals surface area contributed by atoms with Gasteiger partial charge in [-0.25, -0.2) is 0 Å². The second kappa shape index (κ2) is 21.6. The maximum atomic E-state index is 9.00. The van der Waals surface area contributed by atoms with E-state index in [0.717, 1.165) is 32.9 Å². The maximum Gasteiger partial charge on any atom is 2.00 e. The first kappa shape index (κ1) is 30.5. The number of nitrogens with one attached hydrogen (secondary N) is 1. The van der Waals surface area contributed by atoms with Gasteiger partial charge in [0, 0.05) is 41.2 Å². The van der Waals surface area contributed by atoms with Gasteiger partial charge in [-0.05, 0) is 0 Å². The maximum absolute atomic E-state index is 9.00. The molecule has 0 fully saturated rings. The number of nitrogens with zero attached hydrogens (tertiary/aromatic N) is 1. The number of carbonyl (C=O) groups is 2. The Morgan fingerprint density at radius 1 is 1.00 bits per heavy atom. The van der Waals surface area contributed by atoms with Crippen LogP contribution in [0.15, 0.2) is 0 Å². The predicted octanol–water partition coefficient (Wildman–Crippen LogP) is 1.86. The molecule has 142 valence electrons. The Morgan fingerprint density at radius 2 is 1.35 bits per heavy atom. The molecular formula is C12H28N2O7PdSi. The molecule has 0 aliphatic rings. The summed E-state index contributed by atoms with van der Waals surface area (Å²) in [5.74, 6) is -1.67. The molecule has 0 aliphatic carbocycles. The fraction of sp³-hybridized carbons (Fsp3) is 0.833. The second-order valence-electron chi connectivity index (χ2n) is 3.86. The van der Waals surface area contributed by atoms with Gasteiger partial charge < -0.3 is 34.5 Å². The van der Waals surface area contributed by atoms with Crippen LogP contribution in [0.25, 0.3) is 11.1 Å². The normalized spacial score (nSPS) is 9.48. The summed E-state index contributed by atoms with van der Waals surface area (Å²) in [6.07, 6.45) is 0.891. The summed E-state index contributed by atoms with van der Waals surface area (Å²) in [5, 5.41) is 19.0. The molecule has 0 aromatic rings. The van der Waals surface area contributed by atoms with E-state index in [-0.39, 0.29) is 20.4 Å². The summed E-state index contributed by atoms with van der Waals surface area (Å²) in [6.45, 7) is 3.90. The van der Waals surface area contributed by atoms with E-state index in [1.54, 1.807) is 21.3 Å². The van der Waals surface area contributed by atoms with E-state index in [2.05, 4.69) is 5.32 Å². The van der Waals surface area contributed by atoms with Crippen LogP contribution in [0.2, 0.25) is 6.04 Å². The quantitative estimate of drug-likeness (QED) is 0.406. The molecule has 0 aromatic heterocycles. The average molecular weight is 447 g/mol. The van der Waals surface area contributed by atoms with Crippen molar-refractivity contribution >= 4 is 20.7 Å². The van der Waals surface area contributed by atoms with Gasteiger partial charge >= 0.3 is 29.2 Å². The molecule has 3 N–H and O–H groups in total. The molecule has 0 unspecified atom stereocenters. The van der Waals surface area contributed by atoms with Crippen LogP contribution in [0.5, 0.6) is 0 Å². The molecule has 0 radical (unpaired) electrons. The molecule has 0 spiro atoms. The molecule has 9 nitrogen and oxygen atoms in total. The number of rotatable bonds is 9. The van der Waals surface area contributed by atoms with Crippen molar-refractivity contribution in [1.29, 1.82) is 0 Å². The van der Waals surface area contributed by atoms with Gasteiger partial charge in [-0.2, -0.15) is 13.1 Å². The molecule has 11 heteroatoms. The van der Waals surface area contributed by atoms with Crippen molar-refractivity contribution in [2.45, 2.75) is 26.3 Å². The zero-order valence-electron chi connectivity index (χ0n) is 14.2. The van der Waals surface area contributed by atoms with E-state index in [9.17, 15) is 0 Å². The van der Waals surface area contributed by atoms with Crippen LogP contribution in [0, 0.1) is 0 Å². The van der Waals surface area contributed by atoms with E-state index in [1.807, 2.05) is 0 Å². The third-order valence-electron chi connectivity index (χ3n) is 2.00. The Kier molecular flexibility index (Phi) is 28.7. The summed E-state index contributed by atoms with van der Waals surface area (Å²) >= 11 is 0. The summed E-state index contributed by atoms with van der Waals surface area (Å²) in [5.41, 5.74) is 6.91. The Balaban J connectivity index is -0.000000167. The minimum Gasteiger partial charge on any atom is -0.679 e. The molecule has 0 rings (SSSR count). The smallest absolute Gasteiger partial charge is 0.679 e. The van der Waals surface area contributed by atoms with Crippen LogP contribution < -0.4 is 0 Å². The van der Waals surface area contributed by atoms with Gasteiger partial charge in [-0.15, -0.1) is 6.54 Å². The number of carboxylic acids is 2. The Morgan fingerprint density at radius 3 is 1.61 bits per heavy atom. The third kappa shape index (κ3) is 30.1. The standard InChI is InChI=1S/C8H20N2O3Si.2C2H4O2.Pd/c1-11-14(12-2,13-3)8-4-6-10-7-5-9;2*1-2(3)4;/h9H,4-8H2,1-3H3;2*1H3,(H,3,4);/q-2;;;+2. The van der Waals surface area contributed by atoms with E-state index in [4.69, 9.17) is 38.8 Å². The summed E-state index contributed by atoms with van der Waals surface area (Å²) in [6, 6.07) is 0.776. The first-order chi connectivity index (χ1) is 10.2.